The van der Waals surface area contributed by atoms with Crippen molar-refractivity contribution in [1.29, 1.82) is 0 Å². The van der Waals surface area contributed by atoms with E-state index in [1.807, 2.05) is 0 Å². The molecule has 0 aromatic rings. The van der Waals surface area contributed by atoms with Crippen molar-refractivity contribution in [1.82, 2.24) is 4.90 Å². The molecule has 1 rings (SSSR count). The summed E-state index contributed by atoms with van der Waals surface area (Å²) < 4.78 is 0. The van der Waals surface area contributed by atoms with Gasteiger partial charge in [0.15, 0.2) is 0 Å². The lowest BCUT2D eigenvalue weighted by Gasteiger charge is -2.29. The van der Waals surface area contributed by atoms with Crippen LogP contribution in [0.5, 0.6) is 0 Å². The van der Waals surface area contributed by atoms with Crippen molar-refractivity contribution in [2.75, 3.05) is 19.7 Å². The first-order valence-electron chi connectivity index (χ1n) is 5.33. The molecule has 0 spiro atoms. The van der Waals surface area contributed by atoms with Gasteiger partial charge in [-0.05, 0) is 25.8 Å². The van der Waals surface area contributed by atoms with Crippen molar-refractivity contribution in [2.24, 2.45) is 11.3 Å². The van der Waals surface area contributed by atoms with Crippen molar-refractivity contribution in [3.8, 4) is 0 Å². The number of aliphatic hydroxyl groups excluding tert-OH is 1. The summed E-state index contributed by atoms with van der Waals surface area (Å²) >= 11 is 0. The minimum Gasteiger partial charge on any atom is -0.396 e. The zero-order valence-corrected chi connectivity index (χ0v) is 9.38. The van der Waals surface area contributed by atoms with Gasteiger partial charge in [-0.15, -0.1) is 0 Å². The van der Waals surface area contributed by atoms with Gasteiger partial charge < -0.3 is 5.11 Å². The van der Waals surface area contributed by atoms with Crippen LogP contribution in [0.3, 0.4) is 0 Å². The number of likely N-dealkylation sites (tertiary alicyclic amines) is 1. The third-order valence-electron chi connectivity index (χ3n) is 3.51. The first kappa shape index (κ1) is 11.0. The third kappa shape index (κ3) is 2.44. The molecule has 13 heavy (non-hydrogen) atoms. The summed E-state index contributed by atoms with van der Waals surface area (Å²) in [6, 6.07) is 0.647. The van der Waals surface area contributed by atoms with Gasteiger partial charge in [0.25, 0.3) is 0 Å². The maximum atomic E-state index is 9.24. The predicted octanol–water partition coefficient (Wildman–Crippen LogP) is 1.74. The lowest BCUT2D eigenvalue weighted by molar-refractivity contribution is 0.127. The van der Waals surface area contributed by atoms with E-state index in [9.17, 15) is 5.11 Å². The smallest absolute Gasteiger partial charge is 0.0497 e. The first-order valence-corrected chi connectivity index (χ1v) is 5.33. The summed E-state index contributed by atoms with van der Waals surface area (Å²) in [4.78, 5) is 2.50. The Morgan fingerprint density at radius 1 is 1.38 bits per heavy atom. The Bertz CT molecular complexity index is 169. The van der Waals surface area contributed by atoms with Gasteiger partial charge in [-0.3, -0.25) is 4.90 Å². The number of nitrogens with zero attached hydrogens (tertiary/aromatic N) is 1. The second kappa shape index (κ2) is 3.97. The van der Waals surface area contributed by atoms with Crippen molar-refractivity contribution in [3.63, 3.8) is 0 Å². The average Bonchev–Trinajstić information content (AvgIpc) is 2.47. The van der Waals surface area contributed by atoms with Crippen LogP contribution >= 0.6 is 0 Å². The Kier molecular flexibility index (Phi) is 3.36. The molecule has 2 unspecified atom stereocenters. The normalized spacial score (nSPS) is 32.8. The third-order valence-corrected chi connectivity index (χ3v) is 3.51. The maximum absolute atomic E-state index is 9.24. The largest absolute Gasteiger partial charge is 0.396 e. The van der Waals surface area contributed by atoms with Gasteiger partial charge in [0.1, 0.15) is 0 Å². The fourth-order valence-electron chi connectivity index (χ4n) is 1.96. The molecular weight excluding hydrogens is 162 g/mol. The first-order chi connectivity index (χ1) is 5.98. The minimum atomic E-state index is 0.156. The summed E-state index contributed by atoms with van der Waals surface area (Å²) in [5.41, 5.74) is 0.156. The zero-order valence-electron chi connectivity index (χ0n) is 9.38. The summed E-state index contributed by atoms with van der Waals surface area (Å²) in [7, 11) is 0. The molecule has 1 heterocycles. The number of hydrogen-bond acceptors (Lipinski definition) is 2. The molecule has 1 saturated heterocycles. The molecule has 0 saturated carbocycles. The number of aliphatic hydroxyl groups is 1. The number of rotatable bonds is 3. The molecule has 0 radical (unpaired) electrons. The average molecular weight is 185 g/mol. The van der Waals surface area contributed by atoms with E-state index in [4.69, 9.17) is 0 Å². The van der Waals surface area contributed by atoms with Gasteiger partial charge in [-0.2, -0.15) is 0 Å². The molecule has 0 aliphatic carbocycles. The highest BCUT2D eigenvalue weighted by Gasteiger charge is 2.35. The van der Waals surface area contributed by atoms with Crippen LogP contribution in [-0.2, 0) is 0 Å². The Balaban J connectivity index is 2.49. The molecule has 0 amide bonds. The number of hydrogen-bond donors (Lipinski definition) is 1. The lowest BCUT2D eigenvalue weighted by Crippen LogP contribution is -2.37. The highest BCUT2D eigenvalue weighted by molar-refractivity contribution is 4.88. The van der Waals surface area contributed by atoms with Crippen LogP contribution in [-0.4, -0.2) is 35.7 Å². The van der Waals surface area contributed by atoms with Crippen molar-refractivity contribution >= 4 is 0 Å². The van der Waals surface area contributed by atoms with Crippen LogP contribution in [0.15, 0.2) is 0 Å². The van der Waals surface area contributed by atoms with E-state index >= 15 is 0 Å². The van der Waals surface area contributed by atoms with Crippen molar-refractivity contribution in [2.45, 2.75) is 40.2 Å². The predicted molar refractivity (Wildman–Crippen MR) is 55.7 cm³/mol. The molecule has 2 atom stereocenters. The molecule has 0 bridgehead atoms. The zero-order chi connectivity index (χ0) is 10.1. The Morgan fingerprint density at radius 3 is 2.38 bits per heavy atom. The van der Waals surface area contributed by atoms with Gasteiger partial charge >= 0.3 is 0 Å². The van der Waals surface area contributed by atoms with Gasteiger partial charge in [-0.1, -0.05) is 20.8 Å². The van der Waals surface area contributed by atoms with Gasteiger partial charge in [0.2, 0.25) is 0 Å². The molecule has 2 nitrogen and oxygen atoms in total. The van der Waals surface area contributed by atoms with Gasteiger partial charge in [-0.25, -0.2) is 0 Å². The topological polar surface area (TPSA) is 23.5 Å². The Labute approximate surface area is 81.9 Å². The standard InChI is InChI=1S/C11H23NO/c1-9(2)10(3)12-6-5-11(4,7-12)8-13/h9-10,13H,5-8H2,1-4H3. The van der Waals surface area contributed by atoms with E-state index in [1.165, 1.54) is 0 Å². The second-order valence-corrected chi connectivity index (χ2v) is 5.17. The van der Waals surface area contributed by atoms with Crippen molar-refractivity contribution in [3.05, 3.63) is 0 Å². The van der Waals surface area contributed by atoms with E-state index in [1.54, 1.807) is 0 Å². The molecule has 78 valence electrons. The maximum Gasteiger partial charge on any atom is 0.0497 e. The second-order valence-electron chi connectivity index (χ2n) is 5.17. The highest BCUT2D eigenvalue weighted by atomic mass is 16.3. The summed E-state index contributed by atoms with van der Waals surface area (Å²) in [5, 5.41) is 9.24. The Morgan fingerprint density at radius 2 is 2.00 bits per heavy atom. The van der Waals surface area contributed by atoms with Crippen LogP contribution in [0.4, 0.5) is 0 Å². The van der Waals surface area contributed by atoms with Crippen LogP contribution in [0, 0.1) is 11.3 Å². The molecule has 2 heteroatoms. The molecule has 1 aliphatic rings. The molecule has 0 aromatic heterocycles. The van der Waals surface area contributed by atoms with E-state index in [-0.39, 0.29) is 5.41 Å². The van der Waals surface area contributed by atoms with E-state index in [0.29, 0.717) is 18.6 Å². The fraction of sp³-hybridized carbons (Fsp3) is 1.00. The molecule has 1 N–H and O–H groups in total. The van der Waals surface area contributed by atoms with Crippen LogP contribution < -0.4 is 0 Å². The van der Waals surface area contributed by atoms with Crippen LogP contribution in [0.1, 0.15) is 34.1 Å². The quantitative estimate of drug-likeness (QED) is 0.724. The fourth-order valence-corrected chi connectivity index (χ4v) is 1.96. The molecule has 1 fully saturated rings. The Hall–Kier alpha value is -0.0800. The van der Waals surface area contributed by atoms with Gasteiger partial charge in [0.05, 0.1) is 0 Å². The summed E-state index contributed by atoms with van der Waals surface area (Å²) in [6.07, 6.45) is 1.14. The SMILES string of the molecule is CC(C)C(C)N1CCC(C)(CO)C1. The monoisotopic (exact) mass is 185 g/mol. The minimum absolute atomic E-state index is 0.156. The lowest BCUT2D eigenvalue weighted by atomic mass is 9.91. The highest BCUT2D eigenvalue weighted by Crippen LogP contribution is 2.31. The van der Waals surface area contributed by atoms with Crippen molar-refractivity contribution < 1.29 is 5.11 Å². The van der Waals surface area contributed by atoms with Crippen LogP contribution in [0.25, 0.3) is 0 Å². The van der Waals surface area contributed by atoms with Crippen LogP contribution in [0.2, 0.25) is 0 Å². The molecular formula is C11H23NO. The van der Waals surface area contributed by atoms with E-state index in [0.717, 1.165) is 19.5 Å². The summed E-state index contributed by atoms with van der Waals surface area (Å²) in [5.74, 6) is 0.709. The van der Waals surface area contributed by atoms with Gasteiger partial charge in [0, 0.05) is 24.6 Å². The summed E-state index contributed by atoms with van der Waals surface area (Å²) in [6.45, 7) is 11.5. The molecule has 1 aliphatic heterocycles. The molecule has 0 aromatic carbocycles. The van der Waals surface area contributed by atoms with E-state index in [2.05, 4.69) is 32.6 Å². The van der Waals surface area contributed by atoms with E-state index < -0.39 is 0 Å².